The Morgan fingerprint density at radius 3 is 1.74 bits per heavy atom. The number of aliphatic hydroxyl groups excluding tert-OH is 2. The van der Waals surface area contributed by atoms with E-state index in [0.29, 0.717) is 6.42 Å². The number of halogens is 1. The van der Waals surface area contributed by atoms with E-state index < -0.39 is 11.1 Å². The molecule has 3 nitrogen and oxygen atoms in total. The molecule has 4 heteroatoms. The van der Waals surface area contributed by atoms with Gasteiger partial charge in [0.1, 0.15) is 5.56 Å². The maximum atomic E-state index is 9.30. The largest absolute Gasteiger partial charge is 0.394 e. The van der Waals surface area contributed by atoms with Gasteiger partial charge in [0, 0.05) is 0 Å². The molecule has 0 aromatic carbocycles. The van der Waals surface area contributed by atoms with E-state index in [4.69, 9.17) is 22.4 Å². The van der Waals surface area contributed by atoms with Gasteiger partial charge in [-0.25, -0.2) is 0 Å². The van der Waals surface area contributed by atoms with Crippen molar-refractivity contribution in [1.82, 2.24) is 0 Å². The molecule has 0 aromatic heterocycles. The lowest BCUT2D eigenvalue weighted by molar-refractivity contribution is 0.0864. The molecule has 0 heterocycles. The summed E-state index contributed by atoms with van der Waals surface area (Å²) in [5.74, 6) is 0. The normalized spacial score (nSPS) is 16.3. The van der Waals surface area contributed by atoms with Crippen molar-refractivity contribution in [2.45, 2.75) is 88.7 Å². The van der Waals surface area contributed by atoms with Crippen LogP contribution >= 0.6 is 11.6 Å². The molecule has 0 rings (SSSR count). The van der Waals surface area contributed by atoms with Crippen LogP contribution < -0.4 is 5.73 Å². The SMILES string of the molecule is CCCCCCCCCCCCC(N)(CO)C(O)Cl. The molecule has 0 fully saturated rings. The minimum absolute atomic E-state index is 0.269. The fraction of sp³-hybridized carbons (Fsp3) is 1.00. The van der Waals surface area contributed by atoms with Gasteiger partial charge in [0.15, 0.2) is 0 Å². The molecular weight excluding hydrogens is 262 g/mol. The number of rotatable bonds is 13. The topological polar surface area (TPSA) is 66.5 Å². The Balaban J connectivity index is 3.35. The lowest BCUT2D eigenvalue weighted by Gasteiger charge is -2.28. The molecule has 2 unspecified atom stereocenters. The molecular formula is C15H32ClNO2. The maximum Gasteiger partial charge on any atom is 0.148 e. The summed E-state index contributed by atoms with van der Waals surface area (Å²) in [5, 5.41) is 18.4. The van der Waals surface area contributed by atoms with Crippen LogP contribution in [0.25, 0.3) is 0 Å². The second kappa shape index (κ2) is 12.0. The van der Waals surface area contributed by atoms with E-state index in [1.54, 1.807) is 0 Å². The molecule has 0 saturated heterocycles. The van der Waals surface area contributed by atoms with Gasteiger partial charge in [-0.1, -0.05) is 82.7 Å². The zero-order valence-corrected chi connectivity index (χ0v) is 13.2. The van der Waals surface area contributed by atoms with Gasteiger partial charge in [-0.05, 0) is 6.42 Å². The van der Waals surface area contributed by atoms with Crippen molar-refractivity contribution in [3.8, 4) is 0 Å². The van der Waals surface area contributed by atoms with Gasteiger partial charge < -0.3 is 15.9 Å². The van der Waals surface area contributed by atoms with Crippen LogP contribution in [0.5, 0.6) is 0 Å². The molecule has 0 aliphatic rings. The highest BCUT2D eigenvalue weighted by atomic mass is 35.5. The summed E-state index contributed by atoms with van der Waals surface area (Å²) in [6.45, 7) is 1.97. The Kier molecular flexibility index (Phi) is 12.1. The molecule has 0 aromatic rings. The monoisotopic (exact) mass is 293 g/mol. The van der Waals surface area contributed by atoms with Gasteiger partial charge in [-0.2, -0.15) is 0 Å². The van der Waals surface area contributed by atoms with Crippen LogP contribution in [0.2, 0.25) is 0 Å². The van der Waals surface area contributed by atoms with Crippen molar-refractivity contribution in [3.63, 3.8) is 0 Å². The Hall–Kier alpha value is 0.170. The lowest BCUT2D eigenvalue weighted by Crippen LogP contribution is -2.51. The predicted molar refractivity (Wildman–Crippen MR) is 82.3 cm³/mol. The van der Waals surface area contributed by atoms with E-state index in [2.05, 4.69) is 6.92 Å². The average molecular weight is 294 g/mol. The number of nitrogens with two attached hydrogens (primary N) is 1. The number of hydrogen-bond acceptors (Lipinski definition) is 3. The predicted octanol–water partition coefficient (Wildman–Crippen LogP) is 3.54. The molecule has 116 valence electrons. The zero-order valence-electron chi connectivity index (χ0n) is 12.4. The van der Waals surface area contributed by atoms with E-state index in [-0.39, 0.29) is 6.61 Å². The molecule has 0 amide bonds. The third-order valence-electron chi connectivity index (χ3n) is 3.76. The van der Waals surface area contributed by atoms with Crippen LogP contribution in [0.1, 0.15) is 77.6 Å². The highest BCUT2D eigenvalue weighted by Crippen LogP contribution is 2.20. The molecule has 4 N–H and O–H groups in total. The quantitative estimate of drug-likeness (QED) is 0.359. The molecule has 2 atom stereocenters. The number of aliphatic hydroxyl groups is 2. The minimum atomic E-state index is -1.17. The zero-order chi connectivity index (χ0) is 14.6. The first-order valence-electron chi connectivity index (χ1n) is 7.78. The van der Waals surface area contributed by atoms with Crippen LogP contribution in [0, 0.1) is 0 Å². The van der Waals surface area contributed by atoms with Crippen molar-refractivity contribution in [1.29, 1.82) is 0 Å². The Bertz CT molecular complexity index is 203. The summed E-state index contributed by atoms with van der Waals surface area (Å²) in [6.07, 6.45) is 13.1. The second-order valence-electron chi connectivity index (χ2n) is 5.66. The fourth-order valence-electron chi connectivity index (χ4n) is 2.22. The third-order valence-corrected chi connectivity index (χ3v) is 4.20. The van der Waals surface area contributed by atoms with Crippen molar-refractivity contribution >= 4 is 11.6 Å². The first-order chi connectivity index (χ1) is 9.06. The summed E-state index contributed by atoms with van der Waals surface area (Å²) < 4.78 is 0. The molecule has 0 aliphatic heterocycles. The molecule has 0 bridgehead atoms. The van der Waals surface area contributed by atoms with Gasteiger partial charge in [0.25, 0.3) is 0 Å². The first-order valence-corrected chi connectivity index (χ1v) is 8.22. The van der Waals surface area contributed by atoms with Crippen LogP contribution in [-0.4, -0.2) is 27.9 Å². The Morgan fingerprint density at radius 1 is 0.947 bits per heavy atom. The fourth-order valence-corrected chi connectivity index (χ4v) is 2.39. The second-order valence-corrected chi connectivity index (χ2v) is 6.07. The van der Waals surface area contributed by atoms with E-state index >= 15 is 0 Å². The van der Waals surface area contributed by atoms with Crippen LogP contribution in [-0.2, 0) is 0 Å². The summed E-state index contributed by atoms with van der Waals surface area (Å²) >= 11 is 5.58. The summed E-state index contributed by atoms with van der Waals surface area (Å²) in [4.78, 5) is 0. The van der Waals surface area contributed by atoms with Gasteiger partial charge in [0.2, 0.25) is 0 Å². The Morgan fingerprint density at radius 2 is 1.37 bits per heavy atom. The number of unbranched alkanes of at least 4 members (excludes halogenated alkanes) is 9. The van der Waals surface area contributed by atoms with E-state index in [1.165, 1.54) is 51.4 Å². The molecule has 0 spiro atoms. The highest BCUT2D eigenvalue weighted by Gasteiger charge is 2.30. The van der Waals surface area contributed by atoms with Crippen LogP contribution in [0.4, 0.5) is 0 Å². The standard InChI is InChI=1S/C15H32ClNO2/c1-2-3-4-5-6-7-8-9-10-11-12-15(17,13-18)14(16)19/h14,18-19H,2-13,17H2,1H3. The first kappa shape index (κ1) is 19.2. The van der Waals surface area contributed by atoms with Crippen molar-refractivity contribution in [2.24, 2.45) is 5.73 Å². The highest BCUT2D eigenvalue weighted by molar-refractivity contribution is 6.20. The number of hydrogen-bond donors (Lipinski definition) is 3. The van der Waals surface area contributed by atoms with Crippen LogP contribution in [0.3, 0.4) is 0 Å². The summed E-state index contributed by atoms with van der Waals surface area (Å²) in [6, 6.07) is 0. The van der Waals surface area contributed by atoms with E-state index in [9.17, 15) is 5.11 Å². The van der Waals surface area contributed by atoms with E-state index in [1.807, 2.05) is 0 Å². The molecule has 19 heavy (non-hydrogen) atoms. The van der Waals surface area contributed by atoms with Gasteiger partial charge in [-0.15, -0.1) is 0 Å². The van der Waals surface area contributed by atoms with Crippen molar-refractivity contribution < 1.29 is 10.2 Å². The Labute approximate surface area is 123 Å². The molecule has 0 saturated carbocycles. The minimum Gasteiger partial charge on any atom is -0.394 e. The summed E-state index contributed by atoms with van der Waals surface area (Å²) in [7, 11) is 0. The van der Waals surface area contributed by atoms with Gasteiger partial charge >= 0.3 is 0 Å². The van der Waals surface area contributed by atoms with Crippen LogP contribution in [0.15, 0.2) is 0 Å². The van der Waals surface area contributed by atoms with Gasteiger partial charge in [-0.3, -0.25) is 0 Å². The number of alkyl halides is 1. The maximum absolute atomic E-state index is 9.30. The van der Waals surface area contributed by atoms with Crippen molar-refractivity contribution in [3.05, 3.63) is 0 Å². The lowest BCUT2D eigenvalue weighted by atomic mass is 9.94. The van der Waals surface area contributed by atoms with Gasteiger partial charge in [0.05, 0.1) is 12.1 Å². The smallest absolute Gasteiger partial charge is 0.148 e. The molecule has 0 radical (unpaired) electrons. The molecule has 0 aliphatic carbocycles. The van der Waals surface area contributed by atoms with Crippen molar-refractivity contribution in [2.75, 3.05) is 6.61 Å². The average Bonchev–Trinajstić information content (AvgIpc) is 2.40. The third kappa shape index (κ3) is 9.67. The summed E-state index contributed by atoms with van der Waals surface area (Å²) in [5.41, 5.74) is 3.61. The van der Waals surface area contributed by atoms with E-state index in [0.717, 1.165) is 12.8 Å².